The number of aromatic amines is 1. The van der Waals surface area contributed by atoms with Gasteiger partial charge in [0.25, 0.3) is 11.8 Å². The van der Waals surface area contributed by atoms with E-state index in [2.05, 4.69) is 25.4 Å². The van der Waals surface area contributed by atoms with E-state index in [0.29, 0.717) is 84.9 Å². The number of hydrogen-bond acceptors (Lipinski definition) is 7. The van der Waals surface area contributed by atoms with Gasteiger partial charge in [0, 0.05) is 31.6 Å². The summed E-state index contributed by atoms with van der Waals surface area (Å²) in [5, 5.41) is 12.4. The first kappa shape index (κ1) is 21.2. The number of aromatic nitrogens is 5. The van der Waals surface area contributed by atoms with Gasteiger partial charge in [0.05, 0.1) is 6.61 Å². The van der Waals surface area contributed by atoms with E-state index in [0.717, 1.165) is 10.8 Å². The second-order valence-corrected chi connectivity index (χ2v) is 9.91. The highest BCUT2D eigenvalue weighted by Gasteiger charge is 2.59. The molecule has 182 valence electrons. The van der Waals surface area contributed by atoms with Gasteiger partial charge in [-0.1, -0.05) is 18.2 Å². The van der Waals surface area contributed by atoms with Gasteiger partial charge in [-0.2, -0.15) is 10.3 Å². The van der Waals surface area contributed by atoms with Gasteiger partial charge in [-0.15, -0.1) is 5.10 Å². The van der Waals surface area contributed by atoms with Crippen molar-refractivity contribution in [1.82, 2.24) is 35.2 Å². The zero-order valence-corrected chi connectivity index (χ0v) is 19.8. The molecule has 0 bridgehead atoms. The highest BCUT2D eigenvalue weighted by atomic mass is 16.5. The third kappa shape index (κ3) is 3.16. The number of pyridine rings is 2. The molecule has 7 rings (SSSR count). The zero-order chi connectivity index (χ0) is 24.4. The monoisotopic (exact) mass is 483 g/mol. The maximum atomic E-state index is 13.4. The second-order valence-electron chi connectivity index (χ2n) is 9.91. The minimum absolute atomic E-state index is 0.0489. The van der Waals surface area contributed by atoms with E-state index < -0.39 is 0 Å². The van der Waals surface area contributed by atoms with E-state index in [1.54, 1.807) is 12.1 Å². The third-order valence-electron chi connectivity index (χ3n) is 8.10. The fourth-order valence-corrected chi connectivity index (χ4v) is 6.41. The number of nitrogens with one attached hydrogen (secondary N) is 1. The molecule has 2 saturated heterocycles. The quantitative estimate of drug-likeness (QED) is 0.474. The van der Waals surface area contributed by atoms with E-state index in [1.807, 2.05) is 47.1 Å². The predicted molar refractivity (Wildman–Crippen MR) is 130 cm³/mol. The first-order chi connectivity index (χ1) is 17.6. The Morgan fingerprint density at radius 1 is 0.889 bits per heavy atom. The van der Waals surface area contributed by atoms with E-state index >= 15 is 0 Å². The molecule has 1 saturated carbocycles. The molecule has 1 aliphatic carbocycles. The van der Waals surface area contributed by atoms with E-state index in [1.165, 1.54) is 0 Å². The van der Waals surface area contributed by atoms with Gasteiger partial charge in [-0.05, 0) is 60.2 Å². The number of nitrogens with zero attached hydrogens (tertiary/aromatic N) is 6. The molecular weight excluding hydrogens is 458 g/mol. The molecule has 4 atom stereocenters. The van der Waals surface area contributed by atoms with Crippen LogP contribution in [0.3, 0.4) is 0 Å². The summed E-state index contributed by atoms with van der Waals surface area (Å²) in [6, 6.07) is 13.2. The number of rotatable bonds is 4. The predicted octanol–water partition coefficient (Wildman–Crippen LogP) is 2.39. The van der Waals surface area contributed by atoms with Crippen LogP contribution in [0, 0.1) is 23.7 Å². The van der Waals surface area contributed by atoms with Crippen LogP contribution in [0.4, 0.5) is 0 Å². The number of ether oxygens (including phenoxy) is 1. The number of hydrogen-bond donors (Lipinski definition) is 1. The Morgan fingerprint density at radius 3 is 2.25 bits per heavy atom. The summed E-state index contributed by atoms with van der Waals surface area (Å²) in [4.78, 5) is 39.4. The van der Waals surface area contributed by atoms with Crippen LogP contribution in [0.5, 0.6) is 5.88 Å². The Balaban J connectivity index is 1.06. The first-order valence-corrected chi connectivity index (χ1v) is 12.4. The van der Waals surface area contributed by atoms with Crippen LogP contribution in [-0.4, -0.2) is 79.8 Å². The minimum atomic E-state index is -0.0656. The van der Waals surface area contributed by atoms with Crippen LogP contribution >= 0.6 is 0 Å². The van der Waals surface area contributed by atoms with Crippen molar-refractivity contribution < 1.29 is 14.3 Å². The molecule has 3 fully saturated rings. The molecule has 1 aromatic carbocycles. The highest BCUT2D eigenvalue weighted by molar-refractivity contribution is 5.98. The third-order valence-corrected chi connectivity index (χ3v) is 8.10. The summed E-state index contributed by atoms with van der Waals surface area (Å²) in [6.07, 6.45) is 0. The van der Waals surface area contributed by atoms with E-state index in [9.17, 15) is 9.59 Å². The van der Waals surface area contributed by atoms with Crippen LogP contribution < -0.4 is 4.74 Å². The fraction of sp³-hybridized carbons (Fsp3) is 0.385. The second kappa shape index (κ2) is 7.97. The maximum Gasteiger partial charge on any atom is 0.272 e. The lowest BCUT2D eigenvalue weighted by molar-refractivity contribution is 0.0629. The minimum Gasteiger partial charge on any atom is -0.478 e. The number of carbonyl (C=O) groups is 2. The van der Waals surface area contributed by atoms with Crippen LogP contribution in [0.15, 0.2) is 42.5 Å². The van der Waals surface area contributed by atoms with Crippen molar-refractivity contribution in [3.8, 4) is 5.88 Å². The van der Waals surface area contributed by atoms with Crippen molar-refractivity contribution in [2.24, 2.45) is 23.7 Å². The molecule has 3 aliphatic rings. The van der Waals surface area contributed by atoms with Crippen molar-refractivity contribution >= 4 is 33.8 Å². The van der Waals surface area contributed by atoms with Gasteiger partial charge in [0.2, 0.25) is 11.5 Å². The molecule has 0 unspecified atom stereocenters. The van der Waals surface area contributed by atoms with Crippen molar-refractivity contribution in [3.05, 3.63) is 53.9 Å². The van der Waals surface area contributed by atoms with Crippen molar-refractivity contribution in [1.29, 1.82) is 0 Å². The molecule has 3 aromatic heterocycles. The Kier molecular flexibility index (Phi) is 4.70. The zero-order valence-electron chi connectivity index (χ0n) is 19.8. The highest BCUT2D eigenvalue weighted by Crippen LogP contribution is 2.54. The summed E-state index contributed by atoms with van der Waals surface area (Å²) < 4.78 is 5.74. The summed E-state index contributed by atoms with van der Waals surface area (Å²) in [5.74, 6) is 2.04. The maximum absolute atomic E-state index is 13.4. The average Bonchev–Trinajstić information content (AvgIpc) is 3.62. The van der Waals surface area contributed by atoms with Gasteiger partial charge < -0.3 is 14.5 Å². The number of carbonyl (C=O) groups excluding carboxylic acids is 2. The lowest BCUT2D eigenvalue weighted by atomic mass is 9.60. The average molecular weight is 484 g/mol. The lowest BCUT2D eigenvalue weighted by Gasteiger charge is -2.42. The van der Waals surface area contributed by atoms with E-state index in [-0.39, 0.29) is 11.8 Å². The van der Waals surface area contributed by atoms with E-state index in [4.69, 9.17) is 4.74 Å². The molecule has 1 N–H and O–H groups in total. The summed E-state index contributed by atoms with van der Waals surface area (Å²) in [7, 11) is 0. The van der Waals surface area contributed by atoms with Gasteiger partial charge in [0.15, 0.2) is 0 Å². The van der Waals surface area contributed by atoms with Gasteiger partial charge >= 0.3 is 0 Å². The van der Waals surface area contributed by atoms with Gasteiger partial charge in [0.1, 0.15) is 16.9 Å². The summed E-state index contributed by atoms with van der Waals surface area (Å²) >= 11 is 0. The largest absolute Gasteiger partial charge is 0.478 e. The lowest BCUT2D eigenvalue weighted by Crippen LogP contribution is -2.44. The molecular formula is C26H25N7O3. The molecule has 36 heavy (non-hydrogen) atoms. The standard InChI is InChI=1S/C26H25N7O3/c1-2-36-24-15-6-4-3-5-14(15)9-22(28-24)26(35)33-12-18-16-10-32(11-17(16)19(18)13-33)25(34)21-8-7-20-23(27-21)30-31-29-20/h3-9,16-19H,2,10-13H2,1H3,(H,27,29,30,31)/t16-,17+,18+,19-. The number of amides is 2. The molecule has 10 heteroatoms. The Morgan fingerprint density at radius 2 is 1.56 bits per heavy atom. The molecule has 2 aliphatic heterocycles. The first-order valence-electron chi connectivity index (χ1n) is 12.4. The van der Waals surface area contributed by atoms with Crippen molar-refractivity contribution in [3.63, 3.8) is 0 Å². The number of benzene rings is 1. The molecule has 4 aromatic rings. The normalized spacial score (nSPS) is 24.6. The Labute approximate surface area is 206 Å². The summed E-state index contributed by atoms with van der Waals surface area (Å²) in [5.41, 5.74) is 1.91. The Hall–Kier alpha value is -4.08. The molecule has 2 amide bonds. The van der Waals surface area contributed by atoms with Crippen LogP contribution in [0.25, 0.3) is 21.9 Å². The van der Waals surface area contributed by atoms with Crippen molar-refractivity contribution in [2.45, 2.75) is 6.92 Å². The van der Waals surface area contributed by atoms with Gasteiger partial charge in [-0.25, -0.2) is 9.97 Å². The molecule has 5 heterocycles. The molecule has 0 spiro atoms. The SMILES string of the molecule is CCOc1nc(C(=O)N2C[C@@H]3[C@H](C2)[C@H]2CN(C(=O)c4ccc5n[nH]nc5n4)C[C@@H]32)cc2ccccc12. The number of H-pyrrole nitrogens is 1. The van der Waals surface area contributed by atoms with Crippen LogP contribution in [-0.2, 0) is 0 Å². The van der Waals surface area contributed by atoms with Gasteiger partial charge in [-0.3, -0.25) is 9.59 Å². The fourth-order valence-electron chi connectivity index (χ4n) is 6.41. The topological polar surface area (TPSA) is 117 Å². The number of likely N-dealkylation sites (tertiary alicyclic amines) is 2. The van der Waals surface area contributed by atoms with Crippen LogP contribution in [0.1, 0.15) is 27.9 Å². The molecule has 10 nitrogen and oxygen atoms in total. The molecule has 0 radical (unpaired) electrons. The van der Waals surface area contributed by atoms with Crippen LogP contribution in [0.2, 0.25) is 0 Å². The Bertz CT molecular complexity index is 1500. The van der Waals surface area contributed by atoms with Crippen molar-refractivity contribution in [2.75, 3.05) is 32.8 Å². The smallest absolute Gasteiger partial charge is 0.272 e. The number of fused-ring (bicyclic) bond motifs is 6. The summed E-state index contributed by atoms with van der Waals surface area (Å²) in [6.45, 7) is 5.21.